The molecule has 1 aromatic rings. The number of halogens is 2. The Bertz CT molecular complexity index is 853. The fraction of sp³-hybridized carbons (Fsp3) is 0.545. The fourth-order valence-electron chi connectivity index (χ4n) is 3.83. The van der Waals surface area contributed by atoms with Crippen molar-refractivity contribution < 1.29 is 38.5 Å². The molecule has 3 rings (SSSR count). The molecular weight excluding hydrogens is 473 g/mol. The molecule has 2 aliphatic heterocycles. The smallest absolute Gasteiger partial charge is 0.414 e. The zero-order chi connectivity index (χ0) is 25.3. The van der Waals surface area contributed by atoms with Gasteiger partial charge in [0.15, 0.2) is 0 Å². The van der Waals surface area contributed by atoms with Crippen LogP contribution in [-0.4, -0.2) is 94.7 Å². The number of likely N-dealkylation sites (tertiary alicyclic amines) is 1. The monoisotopic (exact) mass is 501 g/mol. The highest BCUT2D eigenvalue weighted by molar-refractivity contribution is 6.31. The van der Waals surface area contributed by atoms with E-state index in [1.54, 1.807) is 24.0 Å². The Labute approximate surface area is 201 Å². The Kier molecular flexibility index (Phi) is 10.5. The van der Waals surface area contributed by atoms with Gasteiger partial charge in [-0.25, -0.2) is 18.8 Å². The van der Waals surface area contributed by atoms with Crippen molar-refractivity contribution in [3.8, 4) is 0 Å². The summed E-state index contributed by atoms with van der Waals surface area (Å²) in [5.41, 5.74) is 0.518. The van der Waals surface area contributed by atoms with E-state index in [2.05, 4.69) is 4.90 Å². The van der Waals surface area contributed by atoms with Crippen molar-refractivity contribution in [1.82, 2.24) is 14.7 Å². The van der Waals surface area contributed by atoms with Crippen molar-refractivity contribution in [3.05, 3.63) is 34.6 Å². The van der Waals surface area contributed by atoms with Crippen LogP contribution in [0.5, 0.6) is 0 Å². The third kappa shape index (κ3) is 7.84. The number of carboxylic acid groups (broad SMARTS) is 2. The molecule has 2 heterocycles. The SMILES string of the molecule is CCOC(=O)N1CCN(C(=O)C2CCN(Cc3c(F)cccc3Cl)CC2)CC1.O=C(O)C(=O)O. The van der Waals surface area contributed by atoms with Gasteiger partial charge in [-0.1, -0.05) is 17.7 Å². The highest BCUT2D eigenvalue weighted by atomic mass is 35.5. The Hall–Kier alpha value is -2.92. The maximum Gasteiger partial charge on any atom is 0.414 e. The van der Waals surface area contributed by atoms with Gasteiger partial charge in [0.05, 0.1) is 6.61 Å². The predicted octanol–water partition coefficient (Wildman–Crippen LogP) is 2.15. The van der Waals surface area contributed by atoms with E-state index < -0.39 is 11.9 Å². The average Bonchev–Trinajstić information content (AvgIpc) is 2.82. The summed E-state index contributed by atoms with van der Waals surface area (Å²) in [6.07, 6.45) is 1.20. The number of piperazine rings is 1. The first-order valence-corrected chi connectivity index (χ1v) is 11.3. The van der Waals surface area contributed by atoms with Gasteiger partial charge in [0.25, 0.3) is 0 Å². The Balaban J connectivity index is 0.000000604. The third-order valence-electron chi connectivity index (χ3n) is 5.68. The van der Waals surface area contributed by atoms with E-state index in [1.165, 1.54) is 6.07 Å². The zero-order valence-electron chi connectivity index (χ0n) is 18.9. The van der Waals surface area contributed by atoms with Crippen LogP contribution in [0.25, 0.3) is 0 Å². The maximum atomic E-state index is 14.0. The van der Waals surface area contributed by atoms with E-state index in [1.807, 2.05) is 4.90 Å². The molecule has 0 atom stereocenters. The summed E-state index contributed by atoms with van der Waals surface area (Å²) in [5.74, 6) is -3.79. The molecule has 0 unspecified atom stereocenters. The van der Waals surface area contributed by atoms with Crippen LogP contribution in [-0.2, 0) is 25.7 Å². The summed E-state index contributed by atoms with van der Waals surface area (Å²) in [6, 6.07) is 4.73. The number of nitrogens with zero attached hydrogens (tertiary/aromatic N) is 3. The molecule has 2 N–H and O–H groups in total. The van der Waals surface area contributed by atoms with Gasteiger partial charge >= 0.3 is 18.0 Å². The lowest BCUT2D eigenvalue weighted by Crippen LogP contribution is -2.53. The fourth-order valence-corrected chi connectivity index (χ4v) is 4.05. The summed E-state index contributed by atoms with van der Waals surface area (Å²) in [4.78, 5) is 48.4. The zero-order valence-corrected chi connectivity index (χ0v) is 19.7. The summed E-state index contributed by atoms with van der Waals surface area (Å²) in [5, 5.41) is 15.2. The van der Waals surface area contributed by atoms with Gasteiger partial charge in [-0.05, 0) is 45.0 Å². The second kappa shape index (κ2) is 13.1. The van der Waals surface area contributed by atoms with E-state index in [0.29, 0.717) is 49.9 Å². The molecule has 10 nitrogen and oxygen atoms in total. The minimum absolute atomic E-state index is 0.0125. The van der Waals surface area contributed by atoms with Crippen LogP contribution in [0.3, 0.4) is 0 Å². The predicted molar refractivity (Wildman–Crippen MR) is 120 cm³/mol. The van der Waals surface area contributed by atoms with E-state index in [9.17, 15) is 14.0 Å². The first kappa shape index (κ1) is 27.3. The summed E-state index contributed by atoms with van der Waals surface area (Å²) in [7, 11) is 0. The van der Waals surface area contributed by atoms with E-state index in [-0.39, 0.29) is 23.7 Å². The molecule has 1 aromatic carbocycles. The minimum Gasteiger partial charge on any atom is -0.473 e. The second-order valence-electron chi connectivity index (χ2n) is 7.87. The van der Waals surface area contributed by atoms with Crippen LogP contribution in [0.2, 0.25) is 5.02 Å². The van der Waals surface area contributed by atoms with Crippen molar-refractivity contribution >= 4 is 35.5 Å². The van der Waals surface area contributed by atoms with Crippen LogP contribution >= 0.6 is 11.6 Å². The molecule has 0 radical (unpaired) electrons. The minimum atomic E-state index is -1.82. The topological polar surface area (TPSA) is 128 Å². The van der Waals surface area contributed by atoms with E-state index in [4.69, 9.17) is 36.1 Å². The van der Waals surface area contributed by atoms with E-state index in [0.717, 1.165) is 25.9 Å². The van der Waals surface area contributed by atoms with Crippen molar-refractivity contribution in [2.45, 2.75) is 26.3 Å². The first-order chi connectivity index (χ1) is 16.1. The molecule has 0 aliphatic carbocycles. The molecule has 0 aromatic heterocycles. The number of piperidine rings is 1. The van der Waals surface area contributed by atoms with Gasteiger partial charge in [0.1, 0.15) is 5.82 Å². The van der Waals surface area contributed by atoms with Crippen molar-refractivity contribution in [2.75, 3.05) is 45.9 Å². The number of rotatable bonds is 4. The number of benzene rings is 1. The number of carboxylic acids is 2. The summed E-state index contributed by atoms with van der Waals surface area (Å²) in [6.45, 7) is 6.19. The molecule has 2 amide bonds. The van der Waals surface area contributed by atoms with Crippen LogP contribution in [0.1, 0.15) is 25.3 Å². The van der Waals surface area contributed by atoms with Gasteiger partial charge in [-0.2, -0.15) is 0 Å². The summed E-state index contributed by atoms with van der Waals surface area (Å²) >= 11 is 6.12. The van der Waals surface area contributed by atoms with Gasteiger partial charge in [-0.3, -0.25) is 9.69 Å². The van der Waals surface area contributed by atoms with Crippen molar-refractivity contribution in [2.24, 2.45) is 5.92 Å². The molecule has 2 aliphatic rings. The van der Waals surface area contributed by atoms with Crippen molar-refractivity contribution in [1.29, 1.82) is 0 Å². The summed E-state index contributed by atoms with van der Waals surface area (Å²) < 4.78 is 19.0. The number of aliphatic carboxylic acids is 2. The van der Waals surface area contributed by atoms with Crippen LogP contribution < -0.4 is 0 Å². The molecule has 34 heavy (non-hydrogen) atoms. The largest absolute Gasteiger partial charge is 0.473 e. The highest BCUT2D eigenvalue weighted by Crippen LogP contribution is 2.25. The van der Waals surface area contributed by atoms with Crippen molar-refractivity contribution in [3.63, 3.8) is 0 Å². The van der Waals surface area contributed by atoms with E-state index >= 15 is 0 Å². The lowest BCUT2D eigenvalue weighted by atomic mass is 9.94. The number of hydrogen-bond donors (Lipinski definition) is 2. The molecule has 0 bridgehead atoms. The standard InChI is InChI=1S/C20H27ClFN3O3.C2H2O4/c1-2-28-20(27)25-12-10-24(11-13-25)19(26)15-6-8-23(9-7-15)14-16-17(21)4-3-5-18(16)22;3-1(4)2(5)6/h3-5,15H,2,6-14H2,1H3;(H,3,4)(H,5,6). The van der Waals surface area contributed by atoms with Gasteiger partial charge < -0.3 is 24.7 Å². The molecular formula is C22H29ClFN3O7. The molecule has 0 saturated carbocycles. The normalized spacial score (nSPS) is 16.9. The van der Waals surface area contributed by atoms with Gasteiger partial charge in [0, 0.05) is 49.2 Å². The number of ether oxygens (including phenoxy) is 1. The van der Waals surface area contributed by atoms with Gasteiger partial charge in [0.2, 0.25) is 5.91 Å². The lowest BCUT2D eigenvalue weighted by Gasteiger charge is -2.38. The van der Waals surface area contributed by atoms with Gasteiger partial charge in [-0.15, -0.1) is 0 Å². The molecule has 2 saturated heterocycles. The molecule has 188 valence electrons. The maximum absolute atomic E-state index is 14.0. The Morgan fingerprint density at radius 3 is 2.06 bits per heavy atom. The quantitative estimate of drug-likeness (QED) is 0.601. The average molecular weight is 502 g/mol. The number of carbonyl (C=O) groups excluding carboxylic acids is 2. The molecule has 0 spiro atoms. The van der Waals surface area contributed by atoms with Crippen LogP contribution in [0.4, 0.5) is 9.18 Å². The third-order valence-corrected chi connectivity index (χ3v) is 6.03. The highest BCUT2D eigenvalue weighted by Gasteiger charge is 2.31. The Morgan fingerprint density at radius 1 is 1.00 bits per heavy atom. The lowest BCUT2D eigenvalue weighted by molar-refractivity contribution is -0.159. The number of hydrogen-bond acceptors (Lipinski definition) is 6. The molecule has 12 heteroatoms. The molecule has 2 fully saturated rings. The number of amides is 2. The Morgan fingerprint density at radius 2 is 1.56 bits per heavy atom. The van der Waals surface area contributed by atoms with Crippen LogP contribution in [0.15, 0.2) is 18.2 Å². The second-order valence-corrected chi connectivity index (χ2v) is 8.28. The first-order valence-electron chi connectivity index (χ1n) is 11.0. The number of carbonyl (C=O) groups is 4. The van der Waals surface area contributed by atoms with Crippen LogP contribution in [0, 0.1) is 11.7 Å².